The molecule has 0 rings (SSSR count). The summed E-state index contributed by atoms with van der Waals surface area (Å²) in [7, 11) is -4.75. The number of carbonyl (C=O) groups is 3. The van der Waals surface area contributed by atoms with Gasteiger partial charge in [-0.15, -0.1) is 0 Å². The van der Waals surface area contributed by atoms with Crippen molar-refractivity contribution in [3.8, 4) is 0 Å². The highest BCUT2D eigenvalue weighted by Crippen LogP contribution is 2.43. The molecule has 0 bridgehead atoms. The van der Waals surface area contributed by atoms with Crippen molar-refractivity contribution < 1.29 is 52.6 Å². The number of phosphoric ester groups is 1. The van der Waals surface area contributed by atoms with E-state index in [-0.39, 0.29) is 25.6 Å². The Bertz CT molecular complexity index is 1300. The van der Waals surface area contributed by atoms with Crippen molar-refractivity contribution in [2.45, 2.75) is 154 Å². The molecule has 57 heavy (non-hydrogen) atoms. The first-order valence-corrected chi connectivity index (χ1v) is 22.1. The van der Waals surface area contributed by atoms with Gasteiger partial charge in [-0.3, -0.25) is 23.4 Å². The van der Waals surface area contributed by atoms with Gasteiger partial charge in [-0.25, -0.2) is 4.57 Å². The number of aliphatic hydroxyl groups excluding tert-OH is 1. The van der Waals surface area contributed by atoms with E-state index in [9.17, 15) is 28.9 Å². The summed E-state index contributed by atoms with van der Waals surface area (Å²) < 4.78 is 32.5. The van der Waals surface area contributed by atoms with E-state index in [1.165, 1.54) is 0 Å². The SMILES string of the molecule is CC/C=C\C/C=C\C/C=C\CCCCCCCC(=O)OC[C@H](COP(=O)(O)OC[C@H](N)C(=O)O)OC(=O)CCC/C=C\C/C=C\C/C=C\C/C=C\CCC[C@H](C)O. The van der Waals surface area contributed by atoms with Crippen LogP contribution in [0.1, 0.15) is 136 Å². The van der Waals surface area contributed by atoms with Crippen molar-refractivity contribution in [2.24, 2.45) is 5.73 Å². The molecule has 12 nitrogen and oxygen atoms in total. The van der Waals surface area contributed by atoms with Crippen molar-refractivity contribution in [3.63, 3.8) is 0 Å². The van der Waals surface area contributed by atoms with E-state index in [4.69, 9.17) is 24.8 Å². The number of aliphatic hydroxyl groups is 1. The third kappa shape index (κ3) is 39.2. The molecule has 13 heteroatoms. The Labute approximate surface area is 342 Å². The van der Waals surface area contributed by atoms with Crippen molar-refractivity contribution in [1.29, 1.82) is 0 Å². The summed E-state index contributed by atoms with van der Waals surface area (Å²) in [6.07, 6.45) is 43.6. The molecular weight excluding hydrogens is 749 g/mol. The van der Waals surface area contributed by atoms with E-state index in [1.54, 1.807) is 6.92 Å². The normalized spacial score (nSPS) is 15.2. The van der Waals surface area contributed by atoms with Gasteiger partial charge in [0.2, 0.25) is 0 Å². The van der Waals surface area contributed by atoms with E-state index in [2.05, 4.69) is 84.4 Å². The summed E-state index contributed by atoms with van der Waals surface area (Å²) in [6.45, 7) is 2.13. The maximum Gasteiger partial charge on any atom is 0.472 e. The Balaban J connectivity index is 4.54. The molecule has 0 aliphatic rings. The van der Waals surface area contributed by atoms with E-state index in [1.807, 2.05) is 12.2 Å². The lowest BCUT2D eigenvalue weighted by Gasteiger charge is -2.20. The molecule has 0 saturated carbocycles. The number of carbonyl (C=O) groups excluding carboxylic acids is 2. The Hall–Kier alpha value is -3.38. The van der Waals surface area contributed by atoms with Crippen LogP contribution in [0.3, 0.4) is 0 Å². The number of nitrogens with two attached hydrogens (primary N) is 1. The van der Waals surface area contributed by atoms with E-state index in [0.29, 0.717) is 19.3 Å². The summed E-state index contributed by atoms with van der Waals surface area (Å²) in [5.41, 5.74) is 5.32. The van der Waals surface area contributed by atoms with Crippen LogP contribution in [-0.4, -0.2) is 71.1 Å². The van der Waals surface area contributed by atoms with E-state index >= 15 is 0 Å². The van der Waals surface area contributed by atoms with Gasteiger partial charge < -0.3 is 30.3 Å². The fourth-order valence-electron chi connectivity index (χ4n) is 4.91. The second-order valence-electron chi connectivity index (χ2n) is 13.7. The molecule has 5 N–H and O–H groups in total. The largest absolute Gasteiger partial charge is 0.480 e. The van der Waals surface area contributed by atoms with Gasteiger partial charge in [0, 0.05) is 12.8 Å². The number of carboxylic acid groups (broad SMARTS) is 1. The molecule has 0 aromatic carbocycles. The summed E-state index contributed by atoms with van der Waals surface area (Å²) in [6, 6.07) is -1.54. The minimum atomic E-state index is -4.75. The Morgan fingerprint density at radius 2 is 1.07 bits per heavy atom. The Kier molecular flexibility index (Phi) is 35.9. The first kappa shape index (κ1) is 53.6. The average molecular weight is 822 g/mol. The molecule has 0 saturated heterocycles. The van der Waals surface area contributed by atoms with Crippen LogP contribution in [0, 0.1) is 0 Å². The van der Waals surface area contributed by atoms with Crippen molar-refractivity contribution in [2.75, 3.05) is 19.8 Å². The average Bonchev–Trinajstić information content (AvgIpc) is 3.17. The maximum absolute atomic E-state index is 12.6. The number of esters is 2. The van der Waals surface area contributed by atoms with Crippen molar-refractivity contribution >= 4 is 25.7 Å². The molecule has 0 aromatic heterocycles. The zero-order chi connectivity index (χ0) is 42.2. The van der Waals surface area contributed by atoms with Crippen LogP contribution >= 0.6 is 7.82 Å². The van der Waals surface area contributed by atoms with Gasteiger partial charge in [-0.05, 0) is 96.8 Å². The molecule has 0 aliphatic heterocycles. The number of ether oxygens (including phenoxy) is 2. The van der Waals surface area contributed by atoms with Gasteiger partial charge in [0.15, 0.2) is 6.10 Å². The smallest absolute Gasteiger partial charge is 0.472 e. The molecule has 0 radical (unpaired) electrons. The first-order valence-electron chi connectivity index (χ1n) is 20.6. The predicted molar refractivity (Wildman–Crippen MR) is 227 cm³/mol. The molecule has 0 heterocycles. The number of unbranched alkanes of at least 4 members (excludes halogenated alkanes) is 7. The molecular formula is C44H72NO11P. The van der Waals surface area contributed by atoms with Gasteiger partial charge in [-0.1, -0.05) is 111 Å². The third-order valence-electron chi connectivity index (χ3n) is 8.15. The van der Waals surface area contributed by atoms with Crippen molar-refractivity contribution in [3.05, 3.63) is 85.1 Å². The zero-order valence-corrected chi connectivity index (χ0v) is 35.4. The van der Waals surface area contributed by atoms with Crippen LogP contribution < -0.4 is 5.73 Å². The highest BCUT2D eigenvalue weighted by molar-refractivity contribution is 7.47. The summed E-state index contributed by atoms with van der Waals surface area (Å²) in [5, 5.41) is 18.1. The molecule has 324 valence electrons. The highest BCUT2D eigenvalue weighted by Gasteiger charge is 2.28. The molecule has 0 fully saturated rings. The number of allylic oxidation sites excluding steroid dienone is 14. The van der Waals surface area contributed by atoms with Crippen LogP contribution in [0.5, 0.6) is 0 Å². The van der Waals surface area contributed by atoms with Crippen LogP contribution in [-0.2, 0) is 37.5 Å². The lowest BCUT2D eigenvalue weighted by atomic mass is 10.1. The van der Waals surface area contributed by atoms with Crippen LogP contribution in [0.15, 0.2) is 85.1 Å². The Morgan fingerprint density at radius 3 is 1.61 bits per heavy atom. The third-order valence-corrected chi connectivity index (χ3v) is 9.10. The van der Waals surface area contributed by atoms with E-state index in [0.717, 1.165) is 89.9 Å². The van der Waals surface area contributed by atoms with Crippen molar-refractivity contribution in [1.82, 2.24) is 0 Å². The molecule has 0 spiro atoms. The number of carboxylic acids is 1. The van der Waals surface area contributed by atoms with Crippen LogP contribution in [0.4, 0.5) is 0 Å². The quantitative estimate of drug-likeness (QED) is 0.0201. The fourth-order valence-corrected chi connectivity index (χ4v) is 5.69. The zero-order valence-electron chi connectivity index (χ0n) is 34.5. The minimum Gasteiger partial charge on any atom is -0.480 e. The molecule has 0 amide bonds. The topological polar surface area (TPSA) is 192 Å². The fraction of sp³-hybridized carbons (Fsp3) is 0.614. The molecule has 0 aliphatic carbocycles. The second-order valence-corrected chi connectivity index (χ2v) is 15.1. The second kappa shape index (κ2) is 38.2. The number of phosphoric acid groups is 1. The first-order chi connectivity index (χ1) is 27.5. The minimum absolute atomic E-state index is 0.0644. The number of hydrogen-bond acceptors (Lipinski definition) is 10. The van der Waals surface area contributed by atoms with Crippen LogP contribution in [0.2, 0.25) is 0 Å². The lowest BCUT2D eigenvalue weighted by molar-refractivity contribution is -0.161. The molecule has 1 unspecified atom stereocenters. The number of hydrogen-bond donors (Lipinski definition) is 4. The van der Waals surface area contributed by atoms with Gasteiger partial charge >= 0.3 is 25.7 Å². The van der Waals surface area contributed by atoms with Gasteiger partial charge in [0.25, 0.3) is 0 Å². The number of aliphatic carboxylic acids is 1. The lowest BCUT2D eigenvalue weighted by Crippen LogP contribution is -2.34. The summed E-state index contributed by atoms with van der Waals surface area (Å²) >= 11 is 0. The molecule has 0 aromatic rings. The van der Waals surface area contributed by atoms with E-state index < -0.39 is 51.1 Å². The summed E-state index contributed by atoms with van der Waals surface area (Å²) in [5.74, 6) is -2.51. The van der Waals surface area contributed by atoms with Gasteiger partial charge in [0.05, 0.1) is 19.3 Å². The van der Waals surface area contributed by atoms with Crippen LogP contribution in [0.25, 0.3) is 0 Å². The Morgan fingerprint density at radius 1 is 0.614 bits per heavy atom. The van der Waals surface area contributed by atoms with Gasteiger partial charge in [-0.2, -0.15) is 0 Å². The number of rotatable bonds is 37. The monoisotopic (exact) mass is 821 g/mol. The summed E-state index contributed by atoms with van der Waals surface area (Å²) in [4.78, 5) is 45.9. The maximum atomic E-state index is 12.6. The highest BCUT2D eigenvalue weighted by atomic mass is 31.2. The standard InChI is InChI=1S/C44H72NO11P/c1-3-4-5-6-7-8-9-10-12-16-19-22-25-28-31-34-42(47)53-36-40(37-54-57(51,52)55-38-41(45)44(49)50)56-43(48)35-32-29-26-23-20-17-14-11-13-15-18-21-24-27-30-33-39(2)46/h4-5,7-8,10,12-15,17,21,23-24,26,39-41,46H,3,6,9,11,16,18-20,22,25,27-38,45H2,1-2H3,(H,49,50)(H,51,52)/b5-4-,8-7-,12-10-,15-13-,17-14-,24-21-,26-23-/t39-,40+,41-/m0/s1. The predicted octanol–water partition coefficient (Wildman–Crippen LogP) is 9.69. The van der Waals surface area contributed by atoms with Gasteiger partial charge in [0.1, 0.15) is 12.6 Å². The molecule has 4 atom stereocenters.